The van der Waals surface area contributed by atoms with Crippen molar-refractivity contribution in [2.75, 3.05) is 5.32 Å². The highest BCUT2D eigenvalue weighted by molar-refractivity contribution is 6.04. The van der Waals surface area contributed by atoms with E-state index < -0.39 is 11.9 Å². The smallest absolute Gasteiger partial charge is 0.433 e. The van der Waals surface area contributed by atoms with Gasteiger partial charge in [0, 0.05) is 23.9 Å². The molecule has 0 unspecified atom stereocenters. The van der Waals surface area contributed by atoms with Crippen LogP contribution in [0.25, 0.3) is 0 Å². The van der Waals surface area contributed by atoms with Crippen LogP contribution in [-0.4, -0.2) is 10.9 Å². The van der Waals surface area contributed by atoms with E-state index in [9.17, 15) is 18.0 Å². The number of pyridine rings is 1. The number of para-hydroxylation sites is 1. The Balaban J connectivity index is 0.00000300. The molecule has 0 aliphatic carbocycles. The summed E-state index contributed by atoms with van der Waals surface area (Å²) < 4.78 is 44.4. The fourth-order valence-corrected chi connectivity index (χ4v) is 2.42. The van der Waals surface area contributed by atoms with Gasteiger partial charge < -0.3 is 15.8 Å². The molecule has 152 valence electrons. The van der Waals surface area contributed by atoms with Crippen molar-refractivity contribution in [3.8, 4) is 11.6 Å². The maximum atomic E-state index is 13.0. The van der Waals surface area contributed by atoms with Crippen LogP contribution in [0.2, 0.25) is 0 Å². The second-order valence-corrected chi connectivity index (χ2v) is 5.85. The SMILES string of the molecule is Cl.NCc1cc(Oc2cccc(C(=O)Nc3ccccc3)c2)nc(C(F)(F)F)c1. The lowest BCUT2D eigenvalue weighted by molar-refractivity contribution is -0.141. The van der Waals surface area contributed by atoms with E-state index in [1.165, 1.54) is 18.2 Å². The number of amides is 1. The predicted molar refractivity (Wildman–Crippen MR) is 105 cm³/mol. The second-order valence-electron chi connectivity index (χ2n) is 5.85. The van der Waals surface area contributed by atoms with E-state index >= 15 is 0 Å². The van der Waals surface area contributed by atoms with Crippen LogP contribution in [0.4, 0.5) is 18.9 Å². The van der Waals surface area contributed by atoms with E-state index in [2.05, 4.69) is 10.3 Å². The fourth-order valence-electron chi connectivity index (χ4n) is 2.42. The Kier molecular flexibility index (Phi) is 7.19. The molecule has 1 heterocycles. The summed E-state index contributed by atoms with van der Waals surface area (Å²) in [6.45, 7) is -0.0958. The Labute approximate surface area is 171 Å². The van der Waals surface area contributed by atoms with Crippen LogP contribution in [-0.2, 0) is 12.7 Å². The first kappa shape index (κ1) is 22.2. The number of carbonyl (C=O) groups excluding carboxylic acids is 1. The van der Waals surface area contributed by atoms with Gasteiger partial charge in [0.25, 0.3) is 5.91 Å². The molecule has 2 aromatic carbocycles. The molecule has 0 atom stereocenters. The van der Waals surface area contributed by atoms with Crippen LogP contribution in [0, 0.1) is 0 Å². The minimum absolute atomic E-state index is 0. The number of alkyl halides is 3. The van der Waals surface area contributed by atoms with Crippen LogP contribution in [0.15, 0.2) is 66.7 Å². The summed E-state index contributed by atoms with van der Waals surface area (Å²) in [5, 5.41) is 2.72. The lowest BCUT2D eigenvalue weighted by Crippen LogP contribution is -2.12. The van der Waals surface area contributed by atoms with Crippen LogP contribution in [0.1, 0.15) is 21.6 Å². The molecule has 5 nitrogen and oxygen atoms in total. The van der Waals surface area contributed by atoms with E-state index in [0.29, 0.717) is 5.69 Å². The topological polar surface area (TPSA) is 77.2 Å². The number of nitrogens with zero attached hydrogens (tertiary/aromatic N) is 1. The van der Waals surface area contributed by atoms with Crippen LogP contribution < -0.4 is 15.8 Å². The van der Waals surface area contributed by atoms with E-state index in [1.54, 1.807) is 36.4 Å². The standard InChI is InChI=1S/C20H16F3N3O2.ClH/c21-20(22,23)17-9-13(12-24)10-18(26-17)28-16-8-4-5-14(11-16)19(27)25-15-6-2-1-3-7-15;/h1-11H,12,24H2,(H,25,27);1H. The lowest BCUT2D eigenvalue weighted by Gasteiger charge is -2.12. The fraction of sp³-hybridized carbons (Fsp3) is 0.100. The highest BCUT2D eigenvalue weighted by Crippen LogP contribution is 2.31. The van der Waals surface area contributed by atoms with Crippen molar-refractivity contribution in [1.82, 2.24) is 4.98 Å². The summed E-state index contributed by atoms with van der Waals surface area (Å²) >= 11 is 0. The van der Waals surface area contributed by atoms with Gasteiger partial charge in [0.05, 0.1) is 0 Å². The third-order valence-electron chi connectivity index (χ3n) is 3.74. The lowest BCUT2D eigenvalue weighted by atomic mass is 10.2. The maximum absolute atomic E-state index is 13.0. The normalized spacial score (nSPS) is 10.8. The third-order valence-corrected chi connectivity index (χ3v) is 3.74. The Bertz CT molecular complexity index is 982. The van der Waals surface area contributed by atoms with E-state index in [-0.39, 0.29) is 47.6 Å². The first-order valence-corrected chi connectivity index (χ1v) is 8.28. The molecule has 0 aliphatic rings. The van der Waals surface area contributed by atoms with Crippen LogP contribution >= 0.6 is 12.4 Å². The van der Waals surface area contributed by atoms with Gasteiger partial charge in [0.15, 0.2) is 0 Å². The molecule has 1 amide bonds. The zero-order valence-corrected chi connectivity index (χ0v) is 15.8. The number of hydrogen-bond acceptors (Lipinski definition) is 4. The average molecular weight is 424 g/mol. The average Bonchev–Trinajstić information content (AvgIpc) is 2.68. The van der Waals surface area contributed by atoms with Gasteiger partial charge in [-0.1, -0.05) is 24.3 Å². The van der Waals surface area contributed by atoms with E-state index in [0.717, 1.165) is 6.07 Å². The second kappa shape index (κ2) is 9.40. The number of rotatable bonds is 5. The minimum atomic E-state index is -4.62. The molecule has 0 saturated carbocycles. The number of nitrogens with two attached hydrogens (primary N) is 1. The first-order valence-electron chi connectivity index (χ1n) is 8.28. The molecule has 0 bridgehead atoms. The molecule has 0 spiro atoms. The van der Waals surface area contributed by atoms with Gasteiger partial charge in [-0.15, -0.1) is 12.4 Å². The van der Waals surface area contributed by atoms with Gasteiger partial charge >= 0.3 is 6.18 Å². The Morgan fingerprint density at radius 2 is 1.76 bits per heavy atom. The Hall–Kier alpha value is -3.10. The largest absolute Gasteiger partial charge is 0.439 e. The molecule has 0 saturated heterocycles. The maximum Gasteiger partial charge on any atom is 0.433 e. The van der Waals surface area contributed by atoms with Crippen molar-refractivity contribution >= 4 is 24.0 Å². The molecule has 3 aromatic rings. The number of aromatic nitrogens is 1. The van der Waals surface area contributed by atoms with Crippen molar-refractivity contribution in [2.24, 2.45) is 5.73 Å². The highest BCUT2D eigenvalue weighted by Gasteiger charge is 2.33. The molecule has 3 N–H and O–H groups in total. The van der Waals surface area contributed by atoms with Gasteiger partial charge in [0.2, 0.25) is 5.88 Å². The van der Waals surface area contributed by atoms with Crippen molar-refractivity contribution in [3.05, 3.63) is 83.6 Å². The van der Waals surface area contributed by atoms with Gasteiger partial charge in [0.1, 0.15) is 11.4 Å². The Morgan fingerprint density at radius 1 is 1.03 bits per heavy atom. The van der Waals surface area contributed by atoms with E-state index in [4.69, 9.17) is 10.5 Å². The number of nitrogens with one attached hydrogen (secondary N) is 1. The number of ether oxygens (including phenoxy) is 1. The summed E-state index contributed by atoms with van der Waals surface area (Å²) in [6, 6.07) is 17.1. The van der Waals surface area contributed by atoms with Crippen LogP contribution in [0.3, 0.4) is 0 Å². The summed E-state index contributed by atoms with van der Waals surface area (Å²) in [6.07, 6.45) is -4.62. The van der Waals surface area contributed by atoms with Gasteiger partial charge in [-0.2, -0.15) is 13.2 Å². The molecule has 1 aromatic heterocycles. The zero-order chi connectivity index (χ0) is 20.1. The zero-order valence-electron chi connectivity index (χ0n) is 14.9. The molecule has 0 fully saturated rings. The van der Waals surface area contributed by atoms with Crippen molar-refractivity contribution < 1.29 is 22.7 Å². The summed E-state index contributed by atoms with van der Waals surface area (Å²) in [7, 11) is 0. The number of halogens is 4. The first-order chi connectivity index (χ1) is 13.3. The number of anilines is 1. The predicted octanol–water partition coefficient (Wildman–Crippen LogP) is 5.03. The molecule has 0 radical (unpaired) electrons. The molecule has 29 heavy (non-hydrogen) atoms. The Morgan fingerprint density at radius 3 is 2.41 bits per heavy atom. The van der Waals surface area contributed by atoms with E-state index in [1.807, 2.05) is 6.07 Å². The van der Waals surface area contributed by atoms with Gasteiger partial charge in [-0.25, -0.2) is 4.98 Å². The minimum Gasteiger partial charge on any atom is -0.439 e. The highest BCUT2D eigenvalue weighted by atomic mass is 35.5. The van der Waals surface area contributed by atoms with Gasteiger partial charge in [-0.3, -0.25) is 4.79 Å². The van der Waals surface area contributed by atoms with Crippen LogP contribution in [0.5, 0.6) is 11.6 Å². The molecular weight excluding hydrogens is 407 g/mol. The monoisotopic (exact) mass is 423 g/mol. The molecule has 3 rings (SSSR count). The van der Waals surface area contributed by atoms with Crippen molar-refractivity contribution in [3.63, 3.8) is 0 Å². The van der Waals surface area contributed by atoms with Gasteiger partial charge in [-0.05, 0) is 42.0 Å². The number of benzene rings is 2. The number of carbonyl (C=O) groups is 1. The van der Waals surface area contributed by atoms with Crippen molar-refractivity contribution in [2.45, 2.75) is 12.7 Å². The molecule has 0 aliphatic heterocycles. The summed E-state index contributed by atoms with van der Waals surface area (Å²) in [5.74, 6) is -0.456. The molecular formula is C20H17ClF3N3O2. The summed E-state index contributed by atoms with van der Waals surface area (Å²) in [4.78, 5) is 15.8. The van der Waals surface area contributed by atoms with Crippen molar-refractivity contribution in [1.29, 1.82) is 0 Å². The number of hydrogen-bond donors (Lipinski definition) is 2. The summed E-state index contributed by atoms with van der Waals surface area (Å²) in [5.41, 5.74) is 5.50. The molecule has 9 heteroatoms. The quantitative estimate of drug-likeness (QED) is 0.603. The third kappa shape index (κ3) is 5.94.